The maximum atomic E-state index is 12.3. The summed E-state index contributed by atoms with van der Waals surface area (Å²) in [4.78, 5) is 24.2. The molecule has 0 aliphatic carbocycles. The highest BCUT2D eigenvalue weighted by Crippen LogP contribution is 2.16. The lowest BCUT2D eigenvalue weighted by molar-refractivity contribution is -0.123. The first kappa shape index (κ1) is 16.8. The smallest absolute Gasteiger partial charge is 0.255 e. The zero-order chi connectivity index (χ0) is 16.7. The largest absolute Gasteiger partial charge is 0.472 e. The molecule has 0 fully saturated rings. The molecule has 2 amide bonds. The van der Waals surface area contributed by atoms with E-state index in [2.05, 4.69) is 10.6 Å². The normalized spacial score (nSPS) is 13.1. The quantitative estimate of drug-likeness (QED) is 0.724. The van der Waals surface area contributed by atoms with Gasteiger partial charge in [-0.15, -0.1) is 0 Å². The number of carbonyl (C=O) groups excluding carboxylic acids is 2. The van der Waals surface area contributed by atoms with Crippen molar-refractivity contribution in [1.82, 2.24) is 10.6 Å². The second kappa shape index (κ2) is 8.14. The first-order chi connectivity index (χ1) is 11.1. The van der Waals surface area contributed by atoms with Crippen molar-refractivity contribution in [3.8, 4) is 0 Å². The highest BCUT2D eigenvalue weighted by Gasteiger charge is 2.21. The Morgan fingerprint density at radius 2 is 1.91 bits per heavy atom. The van der Waals surface area contributed by atoms with Crippen LogP contribution in [-0.4, -0.2) is 29.6 Å². The molecule has 1 heterocycles. The second-order valence-electron chi connectivity index (χ2n) is 5.19. The van der Waals surface area contributed by atoms with Crippen LogP contribution in [0.5, 0.6) is 0 Å². The molecule has 0 radical (unpaired) electrons. The van der Waals surface area contributed by atoms with E-state index < -0.39 is 6.04 Å². The van der Waals surface area contributed by atoms with Crippen LogP contribution in [0.4, 0.5) is 0 Å². The molecular formula is C17H20N2O4. The Morgan fingerprint density at radius 1 is 1.17 bits per heavy atom. The molecular weight excluding hydrogens is 296 g/mol. The third-order valence-corrected chi connectivity index (χ3v) is 3.46. The van der Waals surface area contributed by atoms with E-state index in [-0.39, 0.29) is 24.5 Å². The monoisotopic (exact) mass is 316 g/mol. The first-order valence-corrected chi connectivity index (χ1v) is 7.41. The van der Waals surface area contributed by atoms with Crippen molar-refractivity contribution < 1.29 is 19.1 Å². The number of hydrogen-bond donors (Lipinski definition) is 3. The minimum atomic E-state index is -0.706. The van der Waals surface area contributed by atoms with Crippen LogP contribution < -0.4 is 10.6 Å². The molecule has 6 nitrogen and oxygen atoms in total. The molecule has 122 valence electrons. The Bertz CT molecular complexity index is 625. The Kier molecular flexibility index (Phi) is 5.94. The number of benzene rings is 1. The van der Waals surface area contributed by atoms with E-state index in [9.17, 15) is 14.7 Å². The third-order valence-electron chi connectivity index (χ3n) is 3.46. The number of aliphatic hydroxyl groups is 1. The van der Waals surface area contributed by atoms with Gasteiger partial charge in [0.05, 0.1) is 17.9 Å². The number of rotatable bonds is 7. The van der Waals surface area contributed by atoms with E-state index in [4.69, 9.17) is 4.42 Å². The maximum absolute atomic E-state index is 12.3. The zero-order valence-corrected chi connectivity index (χ0v) is 12.9. The van der Waals surface area contributed by atoms with Crippen molar-refractivity contribution in [2.75, 3.05) is 6.61 Å². The van der Waals surface area contributed by atoms with Crippen molar-refractivity contribution in [3.63, 3.8) is 0 Å². The van der Waals surface area contributed by atoms with Crippen molar-refractivity contribution >= 4 is 11.8 Å². The molecule has 0 saturated carbocycles. The van der Waals surface area contributed by atoms with E-state index in [0.717, 1.165) is 5.56 Å². The van der Waals surface area contributed by atoms with Gasteiger partial charge < -0.3 is 20.2 Å². The molecule has 1 aromatic carbocycles. The molecule has 2 aromatic rings. The fraction of sp³-hybridized carbons (Fsp3) is 0.294. The molecule has 1 aromatic heterocycles. The van der Waals surface area contributed by atoms with Crippen molar-refractivity contribution in [2.45, 2.75) is 25.4 Å². The van der Waals surface area contributed by atoms with E-state index in [1.165, 1.54) is 18.6 Å². The summed E-state index contributed by atoms with van der Waals surface area (Å²) in [6.45, 7) is 1.56. The third kappa shape index (κ3) is 4.69. The average Bonchev–Trinajstić information content (AvgIpc) is 3.09. The van der Waals surface area contributed by atoms with Crippen LogP contribution in [-0.2, 0) is 4.79 Å². The van der Waals surface area contributed by atoms with Crippen molar-refractivity contribution in [1.29, 1.82) is 0 Å². The molecule has 2 unspecified atom stereocenters. The molecule has 3 N–H and O–H groups in total. The standard InChI is InChI=1S/C17H20N2O4/c1-12(18-17(22)14-8-10-23-11-14)16(21)19-15(7-9-20)13-5-3-2-4-6-13/h2-6,8,10-12,15,20H,7,9H2,1H3,(H,18,22)(H,19,21). The van der Waals surface area contributed by atoms with Gasteiger partial charge in [0.2, 0.25) is 5.91 Å². The first-order valence-electron chi connectivity index (χ1n) is 7.41. The molecule has 2 rings (SSSR count). The predicted octanol–water partition coefficient (Wildman–Crippen LogP) is 1.64. The van der Waals surface area contributed by atoms with Gasteiger partial charge in [0.1, 0.15) is 12.3 Å². The molecule has 6 heteroatoms. The highest BCUT2D eigenvalue weighted by molar-refractivity contribution is 5.97. The summed E-state index contributed by atoms with van der Waals surface area (Å²) in [5, 5.41) is 14.6. The lowest BCUT2D eigenvalue weighted by atomic mass is 10.0. The predicted molar refractivity (Wildman–Crippen MR) is 84.7 cm³/mol. The zero-order valence-electron chi connectivity index (χ0n) is 12.9. The lowest BCUT2D eigenvalue weighted by Crippen LogP contribution is -2.46. The SMILES string of the molecule is CC(NC(=O)c1ccoc1)C(=O)NC(CCO)c1ccccc1. The fourth-order valence-corrected chi connectivity index (χ4v) is 2.17. The number of amides is 2. The highest BCUT2D eigenvalue weighted by atomic mass is 16.3. The number of carbonyl (C=O) groups is 2. The van der Waals surface area contributed by atoms with Crippen LogP contribution >= 0.6 is 0 Å². The van der Waals surface area contributed by atoms with Gasteiger partial charge >= 0.3 is 0 Å². The van der Waals surface area contributed by atoms with Crippen molar-refractivity contribution in [3.05, 3.63) is 60.1 Å². The lowest BCUT2D eigenvalue weighted by Gasteiger charge is -2.21. The Balaban J connectivity index is 1.96. The molecule has 0 aliphatic rings. The Labute approximate surface area is 134 Å². The summed E-state index contributed by atoms with van der Waals surface area (Å²) >= 11 is 0. The number of hydrogen-bond acceptors (Lipinski definition) is 4. The summed E-state index contributed by atoms with van der Waals surface area (Å²) in [6.07, 6.45) is 3.11. The van der Waals surface area contributed by atoms with Crippen LogP contribution in [0.2, 0.25) is 0 Å². The summed E-state index contributed by atoms with van der Waals surface area (Å²) < 4.78 is 4.84. The van der Waals surface area contributed by atoms with Gasteiger partial charge in [0.25, 0.3) is 5.91 Å². The summed E-state index contributed by atoms with van der Waals surface area (Å²) in [5.74, 6) is -0.691. The molecule has 0 saturated heterocycles. The minimum Gasteiger partial charge on any atom is -0.472 e. The van der Waals surface area contributed by atoms with Crippen LogP contribution in [0.3, 0.4) is 0 Å². The van der Waals surface area contributed by atoms with Gasteiger partial charge in [-0.25, -0.2) is 0 Å². The van der Waals surface area contributed by atoms with E-state index in [1.807, 2.05) is 30.3 Å². The Hall–Kier alpha value is -2.60. The number of nitrogens with one attached hydrogen (secondary N) is 2. The molecule has 0 spiro atoms. The Morgan fingerprint density at radius 3 is 2.52 bits per heavy atom. The summed E-state index contributed by atoms with van der Waals surface area (Å²) in [6, 6.07) is 9.91. The van der Waals surface area contributed by atoms with Crippen LogP contribution in [0.1, 0.15) is 35.3 Å². The van der Waals surface area contributed by atoms with Crippen LogP contribution in [0, 0.1) is 0 Å². The molecule has 0 bridgehead atoms. The van der Waals surface area contributed by atoms with Gasteiger partial charge in [-0.05, 0) is 25.0 Å². The van der Waals surface area contributed by atoms with E-state index in [1.54, 1.807) is 6.92 Å². The maximum Gasteiger partial charge on any atom is 0.255 e. The van der Waals surface area contributed by atoms with Gasteiger partial charge in [-0.2, -0.15) is 0 Å². The minimum absolute atomic E-state index is 0.0460. The van der Waals surface area contributed by atoms with Gasteiger partial charge in [0, 0.05) is 6.61 Å². The van der Waals surface area contributed by atoms with E-state index in [0.29, 0.717) is 12.0 Å². The van der Waals surface area contributed by atoms with Gasteiger partial charge in [-0.3, -0.25) is 9.59 Å². The average molecular weight is 316 g/mol. The molecule has 2 atom stereocenters. The van der Waals surface area contributed by atoms with Crippen LogP contribution in [0.25, 0.3) is 0 Å². The van der Waals surface area contributed by atoms with Gasteiger partial charge in [-0.1, -0.05) is 30.3 Å². The van der Waals surface area contributed by atoms with Gasteiger partial charge in [0.15, 0.2) is 0 Å². The summed E-state index contributed by atoms with van der Waals surface area (Å²) in [5.41, 5.74) is 1.27. The topological polar surface area (TPSA) is 91.6 Å². The number of aliphatic hydroxyl groups excluding tert-OH is 1. The fourth-order valence-electron chi connectivity index (χ4n) is 2.17. The van der Waals surface area contributed by atoms with Crippen LogP contribution in [0.15, 0.2) is 53.3 Å². The molecule has 0 aliphatic heterocycles. The molecule has 23 heavy (non-hydrogen) atoms. The van der Waals surface area contributed by atoms with E-state index >= 15 is 0 Å². The second-order valence-corrected chi connectivity index (χ2v) is 5.19. The van der Waals surface area contributed by atoms with Crippen molar-refractivity contribution in [2.24, 2.45) is 0 Å². The summed E-state index contributed by atoms with van der Waals surface area (Å²) in [7, 11) is 0. The number of furan rings is 1.